The summed E-state index contributed by atoms with van der Waals surface area (Å²) in [6, 6.07) is 0. The highest BCUT2D eigenvalue weighted by molar-refractivity contribution is 4.78. The summed E-state index contributed by atoms with van der Waals surface area (Å²) < 4.78 is 0. The molecular weight excluding hydrogens is 180 g/mol. The summed E-state index contributed by atoms with van der Waals surface area (Å²) in [4.78, 5) is 0. The van der Waals surface area contributed by atoms with Crippen LogP contribution < -0.4 is 0 Å². The predicted octanol–water partition coefficient (Wildman–Crippen LogP) is 5.17. The van der Waals surface area contributed by atoms with Crippen molar-refractivity contribution in [2.45, 2.75) is 77.6 Å². The molecule has 88 valence electrons. The first-order valence-corrected chi connectivity index (χ1v) is 7.38. The molecule has 0 nitrogen and oxygen atoms in total. The molecule has 0 heterocycles. The molecule has 2 aliphatic carbocycles. The van der Waals surface area contributed by atoms with E-state index in [4.69, 9.17) is 0 Å². The molecule has 15 heavy (non-hydrogen) atoms. The molecule has 0 saturated heterocycles. The van der Waals surface area contributed by atoms with E-state index < -0.39 is 0 Å². The van der Waals surface area contributed by atoms with Gasteiger partial charge in [0.15, 0.2) is 0 Å². The first kappa shape index (κ1) is 11.5. The second kappa shape index (κ2) is 5.92. The maximum atomic E-state index is 2.56. The van der Waals surface area contributed by atoms with E-state index in [0.717, 1.165) is 17.8 Å². The van der Waals surface area contributed by atoms with Gasteiger partial charge in [0.1, 0.15) is 0 Å². The smallest absolute Gasteiger partial charge is 0.0386 e. The minimum absolute atomic E-state index is 1.03. The van der Waals surface area contributed by atoms with Gasteiger partial charge in [0.2, 0.25) is 0 Å². The lowest BCUT2D eigenvalue weighted by Gasteiger charge is -2.33. The SMILES string of the molecule is CC(C1CCCCCC1)C1CCCCC1. The van der Waals surface area contributed by atoms with Crippen molar-refractivity contribution in [2.24, 2.45) is 17.8 Å². The summed E-state index contributed by atoms with van der Waals surface area (Å²) >= 11 is 0. The Morgan fingerprint density at radius 2 is 0.933 bits per heavy atom. The zero-order valence-corrected chi connectivity index (χ0v) is 10.5. The highest BCUT2D eigenvalue weighted by Crippen LogP contribution is 2.38. The molecule has 0 spiro atoms. The Labute approximate surface area is 95.8 Å². The third-order valence-electron chi connectivity index (χ3n) is 5.04. The summed E-state index contributed by atoms with van der Waals surface area (Å²) in [5.41, 5.74) is 0. The third-order valence-corrected chi connectivity index (χ3v) is 5.04. The molecule has 1 unspecified atom stereocenters. The minimum atomic E-state index is 1.03. The third kappa shape index (κ3) is 3.23. The maximum absolute atomic E-state index is 2.56. The Hall–Kier alpha value is 0. The van der Waals surface area contributed by atoms with E-state index in [1.54, 1.807) is 0 Å². The maximum Gasteiger partial charge on any atom is -0.0386 e. The fourth-order valence-electron chi connectivity index (χ4n) is 3.88. The van der Waals surface area contributed by atoms with E-state index in [-0.39, 0.29) is 0 Å². The van der Waals surface area contributed by atoms with Crippen LogP contribution in [0.25, 0.3) is 0 Å². The Bertz CT molecular complexity index is 159. The largest absolute Gasteiger partial charge is 0.0620 e. The summed E-state index contributed by atoms with van der Waals surface area (Å²) in [7, 11) is 0. The molecule has 0 N–H and O–H groups in total. The molecule has 0 bridgehead atoms. The quantitative estimate of drug-likeness (QED) is 0.549. The molecular formula is C15H28. The first-order valence-electron chi connectivity index (χ1n) is 7.38. The zero-order valence-electron chi connectivity index (χ0n) is 10.5. The molecule has 2 saturated carbocycles. The minimum Gasteiger partial charge on any atom is -0.0620 e. The summed E-state index contributed by atoms with van der Waals surface area (Å²) in [6.45, 7) is 2.56. The topological polar surface area (TPSA) is 0 Å². The van der Waals surface area contributed by atoms with Crippen molar-refractivity contribution in [2.75, 3.05) is 0 Å². The van der Waals surface area contributed by atoms with Crippen molar-refractivity contribution in [1.82, 2.24) is 0 Å². The lowest BCUT2D eigenvalue weighted by molar-refractivity contribution is 0.179. The highest BCUT2D eigenvalue weighted by Gasteiger charge is 2.27. The van der Waals surface area contributed by atoms with Crippen molar-refractivity contribution in [1.29, 1.82) is 0 Å². The van der Waals surface area contributed by atoms with Gasteiger partial charge >= 0.3 is 0 Å². The van der Waals surface area contributed by atoms with Crippen molar-refractivity contribution in [3.8, 4) is 0 Å². The molecule has 0 aromatic carbocycles. The monoisotopic (exact) mass is 208 g/mol. The molecule has 0 aromatic rings. The molecule has 0 heteroatoms. The summed E-state index contributed by atoms with van der Waals surface area (Å²) in [6.07, 6.45) is 16.7. The highest BCUT2D eigenvalue weighted by atomic mass is 14.3. The van der Waals surface area contributed by atoms with Crippen LogP contribution in [0.3, 0.4) is 0 Å². The standard InChI is InChI=1S/C15H28/c1-13(15-11-7-4-8-12-15)14-9-5-2-3-6-10-14/h13-15H,2-12H2,1H3. The fraction of sp³-hybridized carbons (Fsp3) is 1.00. The van der Waals surface area contributed by atoms with Gasteiger partial charge in [-0.1, -0.05) is 77.6 Å². The Morgan fingerprint density at radius 3 is 1.33 bits per heavy atom. The van der Waals surface area contributed by atoms with E-state index >= 15 is 0 Å². The van der Waals surface area contributed by atoms with Crippen molar-refractivity contribution in [3.05, 3.63) is 0 Å². The van der Waals surface area contributed by atoms with E-state index in [9.17, 15) is 0 Å². The van der Waals surface area contributed by atoms with Crippen LogP contribution in [0.1, 0.15) is 77.6 Å². The second-order valence-electron chi connectivity index (χ2n) is 6.01. The molecule has 2 aliphatic rings. The lowest BCUT2D eigenvalue weighted by Crippen LogP contribution is -2.22. The van der Waals surface area contributed by atoms with Gasteiger partial charge in [0.05, 0.1) is 0 Å². The summed E-state index contributed by atoms with van der Waals surface area (Å²) in [5, 5.41) is 0. The van der Waals surface area contributed by atoms with Crippen LogP contribution in [0.2, 0.25) is 0 Å². The van der Waals surface area contributed by atoms with Crippen LogP contribution in [0.4, 0.5) is 0 Å². The Morgan fingerprint density at radius 1 is 0.600 bits per heavy atom. The summed E-state index contributed by atoms with van der Waals surface area (Å²) in [5.74, 6) is 3.20. The predicted molar refractivity (Wildman–Crippen MR) is 66.9 cm³/mol. The van der Waals surface area contributed by atoms with Gasteiger partial charge in [-0.15, -0.1) is 0 Å². The van der Waals surface area contributed by atoms with Crippen LogP contribution in [0.5, 0.6) is 0 Å². The van der Waals surface area contributed by atoms with Gasteiger partial charge in [-0.3, -0.25) is 0 Å². The van der Waals surface area contributed by atoms with E-state index in [1.165, 1.54) is 70.6 Å². The van der Waals surface area contributed by atoms with Crippen LogP contribution in [0, 0.1) is 17.8 Å². The fourth-order valence-corrected chi connectivity index (χ4v) is 3.88. The van der Waals surface area contributed by atoms with Crippen molar-refractivity contribution in [3.63, 3.8) is 0 Å². The van der Waals surface area contributed by atoms with Gasteiger partial charge in [-0.2, -0.15) is 0 Å². The van der Waals surface area contributed by atoms with Gasteiger partial charge in [0.25, 0.3) is 0 Å². The number of hydrogen-bond acceptors (Lipinski definition) is 0. The van der Waals surface area contributed by atoms with E-state index in [0.29, 0.717) is 0 Å². The Balaban J connectivity index is 1.83. The average Bonchev–Trinajstić information content (AvgIpc) is 2.58. The van der Waals surface area contributed by atoms with Crippen LogP contribution in [-0.2, 0) is 0 Å². The molecule has 0 aliphatic heterocycles. The van der Waals surface area contributed by atoms with Crippen molar-refractivity contribution >= 4 is 0 Å². The molecule has 1 atom stereocenters. The van der Waals surface area contributed by atoms with Crippen LogP contribution in [-0.4, -0.2) is 0 Å². The lowest BCUT2D eigenvalue weighted by atomic mass is 9.73. The molecule has 0 amide bonds. The van der Waals surface area contributed by atoms with E-state index in [1.807, 2.05) is 0 Å². The molecule has 2 rings (SSSR count). The van der Waals surface area contributed by atoms with Gasteiger partial charge < -0.3 is 0 Å². The molecule has 0 aromatic heterocycles. The molecule has 0 radical (unpaired) electrons. The number of rotatable bonds is 2. The first-order chi connectivity index (χ1) is 7.38. The zero-order chi connectivity index (χ0) is 10.5. The Kier molecular flexibility index (Phi) is 4.53. The van der Waals surface area contributed by atoms with Gasteiger partial charge in [-0.25, -0.2) is 0 Å². The van der Waals surface area contributed by atoms with E-state index in [2.05, 4.69) is 6.92 Å². The van der Waals surface area contributed by atoms with Crippen LogP contribution in [0.15, 0.2) is 0 Å². The van der Waals surface area contributed by atoms with Crippen molar-refractivity contribution < 1.29 is 0 Å². The van der Waals surface area contributed by atoms with Crippen LogP contribution >= 0.6 is 0 Å². The average molecular weight is 208 g/mol. The molecule has 2 fully saturated rings. The normalized spacial score (nSPS) is 28.6. The van der Waals surface area contributed by atoms with Gasteiger partial charge in [0, 0.05) is 0 Å². The second-order valence-corrected chi connectivity index (χ2v) is 6.01. The number of hydrogen-bond donors (Lipinski definition) is 0. The van der Waals surface area contributed by atoms with Gasteiger partial charge in [-0.05, 0) is 17.8 Å².